The van der Waals surface area contributed by atoms with E-state index in [4.69, 9.17) is 0 Å². The number of rotatable bonds is 4. The first-order valence-corrected chi connectivity index (χ1v) is 7.87. The van der Waals surface area contributed by atoms with E-state index >= 15 is 0 Å². The van der Waals surface area contributed by atoms with Crippen LogP contribution in [0.1, 0.15) is 35.7 Å². The highest BCUT2D eigenvalue weighted by atomic mass is 16.3. The molecule has 1 aromatic carbocycles. The minimum Gasteiger partial charge on any atom is -0.389 e. The molecule has 0 bridgehead atoms. The number of nitrogens with one attached hydrogen (secondary N) is 1. The second kappa shape index (κ2) is 6.41. The molecule has 2 N–H and O–H groups in total. The number of benzene rings is 1. The van der Waals surface area contributed by atoms with Crippen molar-refractivity contribution in [3.8, 4) is 5.95 Å². The lowest BCUT2D eigenvalue weighted by Gasteiger charge is -2.11. The zero-order valence-corrected chi connectivity index (χ0v) is 14.3. The Kier molecular flexibility index (Phi) is 4.31. The number of hydrogen-bond donors (Lipinski definition) is 2. The Morgan fingerprint density at radius 2 is 1.83 bits per heavy atom. The van der Waals surface area contributed by atoms with E-state index in [1.54, 1.807) is 11.6 Å². The van der Waals surface area contributed by atoms with E-state index in [-0.39, 0.29) is 0 Å². The smallest absolute Gasteiger partial charge is 0.252 e. The molecule has 0 unspecified atom stereocenters. The summed E-state index contributed by atoms with van der Waals surface area (Å²) in [4.78, 5) is 9.04. The zero-order chi connectivity index (χ0) is 17.3. The van der Waals surface area contributed by atoms with Crippen LogP contribution in [0.15, 0.2) is 36.4 Å². The SMILES string of the molecule is Cc1cc(Nc2cccc([C@H](C)O)c2)nc(-n2nc(C)cc2C)n1. The Labute approximate surface area is 141 Å². The lowest BCUT2D eigenvalue weighted by molar-refractivity contribution is 0.199. The van der Waals surface area contributed by atoms with Crippen molar-refractivity contribution in [2.24, 2.45) is 0 Å². The van der Waals surface area contributed by atoms with Crippen molar-refractivity contribution in [2.75, 3.05) is 5.32 Å². The van der Waals surface area contributed by atoms with Crippen molar-refractivity contribution in [2.45, 2.75) is 33.8 Å². The fraction of sp³-hybridized carbons (Fsp3) is 0.278. The van der Waals surface area contributed by atoms with Gasteiger partial charge in [0.1, 0.15) is 5.82 Å². The van der Waals surface area contributed by atoms with Crippen molar-refractivity contribution in [1.82, 2.24) is 19.7 Å². The molecule has 124 valence electrons. The first-order valence-electron chi connectivity index (χ1n) is 7.87. The number of anilines is 2. The normalized spacial score (nSPS) is 12.2. The molecule has 0 spiro atoms. The van der Waals surface area contributed by atoms with Gasteiger partial charge in [0.2, 0.25) is 0 Å². The number of nitrogens with zero attached hydrogens (tertiary/aromatic N) is 4. The van der Waals surface area contributed by atoms with Gasteiger partial charge in [-0.15, -0.1) is 0 Å². The third-order valence-corrected chi connectivity index (χ3v) is 3.68. The van der Waals surface area contributed by atoms with E-state index in [0.29, 0.717) is 11.8 Å². The highest BCUT2D eigenvalue weighted by Crippen LogP contribution is 2.21. The fourth-order valence-corrected chi connectivity index (χ4v) is 2.57. The number of aryl methyl sites for hydroxylation is 3. The van der Waals surface area contributed by atoms with E-state index in [2.05, 4.69) is 20.4 Å². The van der Waals surface area contributed by atoms with Gasteiger partial charge in [-0.1, -0.05) is 12.1 Å². The molecule has 3 rings (SSSR count). The maximum absolute atomic E-state index is 9.72. The summed E-state index contributed by atoms with van der Waals surface area (Å²) in [5.74, 6) is 1.22. The van der Waals surface area contributed by atoms with Gasteiger partial charge in [-0.3, -0.25) is 0 Å². The molecule has 0 aliphatic carbocycles. The van der Waals surface area contributed by atoms with Crippen molar-refractivity contribution in [1.29, 1.82) is 0 Å². The molecule has 0 aliphatic heterocycles. The summed E-state index contributed by atoms with van der Waals surface area (Å²) < 4.78 is 1.74. The lowest BCUT2D eigenvalue weighted by atomic mass is 10.1. The summed E-state index contributed by atoms with van der Waals surface area (Å²) in [6.45, 7) is 7.59. The summed E-state index contributed by atoms with van der Waals surface area (Å²) >= 11 is 0. The van der Waals surface area contributed by atoms with E-state index in [9.17, 15) is 5.11 Å². The van der Waals surface area contributed by atoms with Gasteiger partial charge in [0, 0.05) is 23.1 Å². The van der Waals surface area contributed by atoms with E-state index in [0.717, 1.165) is 28.3 Å². The van der Waals surface area contributed by atoms with E-state index in [1.807, 2.05) is 57.2 Å². The third-order valence-electron chi connectivity index (χ3n) is 3.68. The van der Waals surface area contributed by atoms with Crippen LogP contribution in [0.5, 0.6) is 0 Å². The molecule has 0 amide bonds. The molecule has 0 saturated heterocycles. The topological polar surface area (TPSA) is 75.9 Å². The monoisotopic (exact) mass is 323 g/mol. The molecule has 24 heavy (non-hydrogen) atoms. The quantitative estimate of drug-likeness (QED) is 0.770. The zero-order valence-electron chi connectivity index (χ0n) is 14.3. The second-order valence-electron chi connectivity index (χ2n) is 5.96. The van der Waals surface area contributed by atoms with Gasteiger partial charge in [-0.05, 0) is 51.5 Å². The van der Waals surface area contributed by atoms with Crippen LogP contribution in [0.2, 0.25) is 0 Å². The standard InChI is InChI=1S/C18H21N5O/c1-11-9-17(20-16-7-5-6-15(10-16)14(4)24)21-18(19-11)23-13(3)8-12(2)22-23/h5-10,14,24H,1-4H3,(H,19,20,21)/t14-/m0/s1. The van der Waals surface area contributed by atoms with E-state index < -0.39 is 6.10 Å². The Balaban J connectivity index is 1.95. The van der Waals surface area contributed by atoms with Crippen LogP contribution in [-0.2, 0) is 0 Å². The molecule has 1 atom stereocenters. The summed E-state index contributed by atoms with van der Waals surface area (Å²) in [6.07, 6.45) is -0.510. The van der Waals surface area contributed by atoms with Crippen molar-refractivity contribution < 1.29 is 5.11 Å². The molecular weight excluding hydrogens is 302 g/mol. The summed E-state index contributed by atoms with van der Waals surface area (Å²) in [5.41, 5.74) is 4.48. The van der Waals surface area contributed by atoms with Gasteiger partial charge in [-0.25, -0.2) is 9.67 Å². The molecule has 2 heterocycles. The fourth-order valence-electron chi connectivity index (χ4n) is 2.57. The van der Waals surface area contributed by atoms with Crippen LogP contribution < -0.4 is 5.32 Å². The van der Waals surface area contributed by atoms with Crippen molar-refractivity contribution >= 4 is 11.5 Å². The number of hydrogen-bond acceptors (Lipinski definition) is 5. The maximum atomic E-state index is 9.72. The highest BCUT2D eigenvalue weighted by Gasteiger charge is 2.10. The Bertz CT molecular complexity index is 870. The van der Waals surface area contributed by atoms with Gasteiger partial charge in [-0.2, -0.15) is 10.1 Å². The van der Waals surface area contributed by atoms with Crippen molar-refractivity contribution in [3.05, 3.63) is 59.0 Å². The predicted molar refractivity (Wildman–Crippen MR) is 93.7 cm³/mol. The Morgan fingerprint density at radius 1 is 1.04 bits per heavy atom. The summed E-state index contributed by atoms with van der Waals surface area (Å²) in [6, 6.07) is 11.5. The highest BCUT2D eigenvalue weighted by molar-refractivity contribution is 5.58. The maximum Gasteiger partial charge on any atom is 0.252 e. The molecule has 2 aromatic heterocycles. The van der Waals surface area contributed by atoms with Crippen LogP contribution in [-0.4, -0.2) is 24.9 Å². The van der Waals surface area contributed by atoms with Gasteiger partial charge in [0.05, 0.1) is 11.8 Å². The molecular formula is C18H21N5O. The summed E-state index contributed by atoms with van der Waals surface area (Å²) in [7, 11) is 0. The molecule has 6 heteroatoms. The van der Waals surface area contributed by atoms with Gasteiger partial charge in [0.15, 0.2) is 0 Å². The molecule has 6 nitrogen and oxygen atoms in total. The van der Waals surface area contributed by atoms with Gasteiger partial charge < -0.3 is 10.4 Å². The van der Waals surface area contributed by atoms with Gasteiger partial charge in [0.25, 0.3) is 5.95 Å². The van der Waals surface area contributed by atoms with Crippen LogP contribution in [0.25, 0.3) is 5.95 Å². The van der Waals surface area contributed by atoms with E-state index in [1.165, 1.54) is 0 Å². The molecule has 3 aromatic rings. The largest absolute Gasteiger partial charge is 0.389 e. The minimum atomic E-state index is -0.510. The van der Waals surface area contributed by atoms with Crippen LogP contribution >= 0.6 is 0 Å². The predicted octanol–water partition coefficient (Wildman–Crippen LogP) is 3.38. The van der Waals surface area contributed by atoms with Crippen LogP contribution in [0, 0.1) is 20.8 Å². The third kappa shape index (κ3) is 3.44. The molecule has 0 saturated carbocycles. The minimum absolute atomic E-state index is 0.510. The van der Waals surface area contributed by atoms with Crippen molar-refractivity contribution in [3.63, 3.8) is 0 Å². The second-order valence-corrected chi connectivity index (χ2v) is 5.96. The summed E-state index contributed by atoms with van der Waals surface area (Å²) in [5, 5.41) is 17.4. The first kappa shape index (κ1) is 16.1. The van der Waals surface area contributed by atoms with Gasteiger partial charge >= 0.3 is 0 Å². The Hall–Kier alpha value is -2.73. The van der Waals surface area contributed by atoms with Crippen LogP contribution in [0.3, 0.4) is 0 Å². The lowest BCUT2D eigenvalue weighted by Crippen LogP contribution is -2.08. The number of aliphatic hydroxyl groups is 1. The number of aromatic nitrogens is 4. The Morgan fingerprint density at radius 3 is 2.50 bits per heavy atom. The molecule has 0 fully saturated rings. The average molecular weight is 323 g/mol. The molecule has 0 aliphatic rings. The molecule has 0 radical (unpaired) electrons. The average Bonchev–Trinajstić information content (AvgIpc) is 2.85. The number of aliphatic hydroxyl groups excluding tert-OH is 1. The first-order chi connectivity index (χ1) is 11.4. The van der Waals surface area contributed by atoms with Crippen LogP contribution in [0.4, 0.5) is 11.5 Å².